The number of hydrogen-bond acceptors (Lipinski definition) is 3. The van der Waals surface area contributed by atoms with Crippen molar-refractivity contribution in [3.8, 4) is 11.5 Å². The zero-order valence-electron chi connectivity index (χ0n) is 12.5. The van der Waals surface area contributed by atoms with Crippen molar-refractivity contribution in [3.63, 3.8) is 0 Å². The summed E-state index contributed by atoms with van der Waals surface area (Å²) in [5.41, 5.74) is 7.87. The van der Waals surface area contributed by atoms with Crippen LogP contribution >= 0.6 is 0 Å². The summed E-state index contributed by atoms with van der Waals surface area (Å²) in [7, 11) is 0. The van der Waals surface area contributed by atoms with Crippen LogP contribution in [0.1, 0.15) is 25.3 Å². The summed E-state index contributed by atoms with van der Waals surface area (Å²) in [4.78, 5) is 0. The number of hydrogen-bond donors (Lipinski definition) is 1. The number of nitrogens with two attached hydrogens (primary N) is 1. The molecule has 2 aromatic rings. The Bertz CT molecular complexity index is 540. The highest BCUT2D eigenvalue weighted by atomic mass is 16.5. The number of ether oxygens (including phenoxy) is 2. The summed E-state index contributed by atoms with van der Waals surface area (Å²) < 4.78 is 11.4. The van der Waals surface area contributed by atoms with Gasteiger partial charge < -0.3 is 15.2 Å². The molecule has 2 rings (SSSR count). The largest absolute Gasteiger partial charge is 0.493 e. The molecule has 0 radical (unpaired) electrons. The van der Waals surface area contributed by atoms with E-state index in [9.17, 15) is 0 Å². The molecule has 0 fully saturated rings. The first-order chi connectivity index (χ1) is 10.3. The van der Waals surface area contributed by atoms with Crippen LogP contribution in [0.4, 0.5) is 5.69 Å². The van der Waals surface area contributed by atoms with Crippen LogP contribution in [-0.4, -0.2) is 13.2 Å². The van der Waals surface area contributed by atoms with E-state index in [0.717, 1.165) is 30.8 Å². The van der Waals surface area contributed by atoms with Gasteiger partial charge in [-0.15, -0.1) is 0 Å². The third-order valence-electron chi connectivity index (χ3n) is 3.10. The van der Waals surface area contributed by atoms with Gasteiger partial charge in [0.15, 0.2) is 0 Å². The zero-order valence-corrected chi connectivity index (χ0v) is 12.5. The summed E-state index contributed by atoms with van der Waals surface area (Å²) in [6.45, 7) is 3.44. The van der Waals surface area contributed by atoms with Crippen LogP contribution in [0.5, 0.6) is 11.5 Å². The average Bonchev–Trinajstić information content (AvgIpc) is 2.50. The minimum absolute atomic E-state index is 0.668. The Hall–Kier alpha value is -2.16. The third kappa shape index (κ3) is 5.38. The van der Waals surface area contributed by atoms with E-state index in [0.29, 0.717) is 18.9 Å². The Morgan fingerprint density at radius 3 is 2.24 bits per heavy atom. The Morgan fingerprint density at radius 2 is 1.57 bits per heavy atom. The van der Waals surface area contributed by atoms with Crippen molar-refractivity contribution < 1.29 is 9.47 Å². The summed E-state index contributed by atoms with van der Waals surface area (Å²) >= 11 is 0. The Balaban J connectivity index is 1.81. The number of nitrogen functional groups attached to an aromatic ring is 1. The summed E-state index contributed by atoms with van der Waals surface area (Å²) in [5.74, 6) is 1.55. The molecule has 2 aromatic carbocycles. The predicted molar refractivity (Wildman–Crippen MR) is 86.9 cm³/mol. The molecule has 21 heavy (non-hydrogen) atoms. The minimum atomic E-state index is 0.668. The van der Waals surface area contributed by atoms with Gasteiger partial charge in [0.05, 0.1) is 13.2 Å². The molecule has 0 aliphatic carbocycles. The maximum absolute atomic E-state index is 5.87. The molecule has 2 N–H and O–H groups in total. The number of rotatable bonds is 8. The van der Waals surface area contributed by atoms with Gasteiger partial charge in [-0.3, -0.25) is 0 Å². The molecule has 0 saturated heterocycles. The van der Waals surface area contributed by atoms with Gasteiger partial charge in [-0.2, -0.15) is 0 Å². The molecule has 0 spiro atoms. The van der Waals surface area contributed by atoms with Crippen LogP contribution in [0.3, 0.4) is 0 Å². The SMILES string of the molecule is CCCOc1cc(N)cc(OCCCc2ccccc2)c1. The number of anilines is 1. The van der Waals surface area contributed by atoms with Crippen molar-refractivity contribution in [2.75, 3.05) is 18.9 Å². The topological polar surface area (TPSA) is 44.5 Å². The van der Waals surface area contributed by atoms with Crippen molar-refractivity contribution in [2.45, 2.75) is 26.2 Å². The highest BCUT2D eigenvalue weighted by Crippen LogP contribution is 2.24. The van der Waals surface area contributed by atoms with Gasteiger partial charge in [0, 0.05) is 23.9 Å². The second-order valence-electron chi connectivity index (χ2n) is 5.02. The van der Waals surface area contributed by atoms with E-state index in [1.807, 2.05) is 24.3 Å². The first-order valence-electron chi connectivity index (χ1n) is 7.48. The molecule has 0 saturated carbocycles. The molecule has 0 aliphatic heterocycles. The van der Waals surface area contributed by atoms with Gasteiger partial charge in [-0.05, 0) is 24.8 Å². The molecule has 0 aliphatic rings. The summed E-state index contributed by atoms with van der Waals surface area (Å²) in [6.07, 6.45) is 2.97. The van der Waals surface area contributed by atoms with Gasteiger partial charge >= 0.3 is 0 Å². The van der Waals surface area contributed by atoms with E-state index in [4.69, 9.17) is 15.2 Å². The van der Waals surface area contributed by atoms with Crippen molar-refractivity contribution in [2.24, 2.45) is 0 Å². The molecule has 0 unspecified atom stereocenters. The fraction of sp³-hybridized carbons (Fsp3) is 0.333. The first kappa shape index (κ1) is 15.2. The maximum Gasteiger partial charge on any atom is 0.125 e. The quantitative estimate of drug-likeness (QED) is 0.587. The Morgan fingerprint density at radius 1 is 0.905 bits per heavy atom. The van der Waals surface area contributed by atoms with E-state index in [-0.39, 0.29) is 0 Å². The Labute approximate surface area is 126 Å². The lowest BCUT2D eigenvalue weighted by Crippen LogP contribution is -2.01. The summed E-state index contributed by atoms with van der Waals surface area (Å²) in [5, 5.41) is 0. The van der Waals surface area contributed by atoms with Gasteiger partial charge in [0.2, 0.25) is 0 Å². The molecular formula is C18H23NO2. The number of aryl methyl sites for hydroxylation is 1. The van der Waals surface area contributed by atoms with Crippen molar-refractivity contribution in [1.82, 2.24) is 0 Å². The van der Waals surface area contributed by atoms with E-state index in [1.54, 1.807) is 0 Å². The fourth-order valence-electron chi connectivity index (χ4n) is 2.09. The van der Waals surface area contributed by atoms with E-state index in [1.165, 1.54) is 5.56 Å². The second-order valence-corrected chi connectivity index (χ2v) is 5.02. The standard InChI is InChI=1S/C18H23NO2/c1-2-10-20-17-12-16(19)13-18(14-17)21-11-6-9-15-7-4-3-5-8-15/h3-5,7-8,12-14H,2,6,9-11,19H2,1H3. The molecule has 112 valence electrons. The van der Waals surface area contributed by atoms with Crippen LogP contribution in [0, 0.1) is 0 Å². The Kier molecular flexibility index (Phi) is 5.95. The van der Waals surface area contributed by atoms with Gasteiger partial charge in [0.1, 0.15) is 11.5 Å². The lowest BCUT2D eigenvalue weighted by molar-refractivity contribution is 0.298. The van der Waals surface area contributed by atoms with Gasteiger partial charge in [0.25, 0.3) is 0 Å². The molecule has 3 heteroatoms. The minimum Gasteiger partial charge on any atom is -0.493 e. The molecule has 0 amide bonds. The van der Waals surface area contributed by atoms with Gasteiger partial charge in [-0.25, -0.2) is 0 Å². The molecule has 3 nitrogen and oxygen atoms in total. The van der Waals surface area contributed by atoms with Crippen LogP contribution in [0.2, 0.25) is 0 Å². The van der Waals surface area contributed by atoms with Crippen molar-refractivity contribution in [1.29, 1.82) is 0 Å². The molecule has 0 atom stereocenters. The van der Waals surface area contributed by atoms with Crippen LogP contribution in [-0.2, 0) is 6.42 Å². The van der Waals surface area contributed by atoms with Crippen molar-refractivity contribution >= 4 is 5.69 Å². The third-order valence-corrected chi connectivity index (χ3v) is 3.10. The lowest BCUT2D eigenvalue weighted by atomic mass is 10.1. The van der Waals surface area contributed by atoms with E-state index in [2.05, 4.69) is 31.2 Å². The second kappa shape index (κ2) is 8.20. The summed E-state index contributed by atoms with van der Waals surface area (Å²) in [6, 6.07) is 16.0. The highest BCUT2D eigenvalue weighted by molar-refractivity contribution is 5.50. The monoisotopic (exact) mass is 285 g/mol. The maximum atomic E-state index is 5.87. The number of benzene rings is 2. The van der Waals surface area contributed by atoms with Crippen molar-refractivity contribution in [3.05, 3.63) is 54.1 Å². The molecule has 0 bridgehead atoms. The first-order valence-corrected chi connectivity index (χ1v) is 7.48. The van der Waals surface area contributed by atoms with Crippen LogP contribution < -0.4 is 15.2 Å². The molecule has 0 aromatic heterocycles. The molecular weight excluding hydrogens is 262 g/mol. The van der Waals surface area contributed by atoms with Crippen LogP contribution in [0.25, 0.3) is 0 Å². The predicted octanol–water partition coefficient (Wildman–Crippen LogP) is 4.07. The average molecular weight is 285 g/mol. The van der Waals surface area contributed by atoms with Gasteiger partial charge in [-0.1, -0.05) is 37.3 Å². The smallest absolute Gasteiger partial charge is 0.125 e. The van der Waals surface area contributed by atoms with E-state index < -0.39 is 0 Å². The normalized spacial score (nSPS) is 10.3. The highest BCUT2D eigenvalue weighted by Gasteiger charge is 2.01. The molecule has 0 heterocycles. The fourth-order valence-corrected chi connectivity index (χ4v) is 2.09. The van der Waals surface area contributed by atoms with Crippen LogP contribution in [0.15, 0.2) is 48.5 Å². The lowest BCUT2D eigenvalue weighted by Gasteiger charge is -2.10. The zero-order chi connectivity index (χ0) is 14.9. The van der Waals surface area contributed by atoms with E-state index >= 15 is 0 Å².